The lowest BCUT2D eigenvalue weighted by atomic mass is 9.90. The van der Waals surface area contributed by atoms with Gasteiger partial charge in [0, 0.05) is 5.56 Å². The summed E-state index contributed by atoms with van der Waals surface area (Å²) in [6, 6.07) is 5.16. The first-order chi connectivity index (χ1) is 9.62. The van der Waals surface area contributed by atoms with E-state index in [1.165, 1.54) is 24.3 Å². The van der Waals surface area contributed by atoms with E-state index in [1.54, 1.807) is 0 Å². The van der Waals surface area contributed by atoms with E-state index in [2.05, 4.69) is 0 Å². The van der Waals surface area contributed by atoms with E-state index in [1.807, 2.05) is 27.7 Å². The highest BCUT2D eigenvalue weighted by atomic mass is 19.3. The fourth-order valence-electron chi connectivity index (χ4n) is 1.74. The number of hydrogen-bond acceptors (Lipinski definition) is 3. The fourth-order valence-corrected chi connectivity index (χ4v) is 1.74. The Morgan fingerprint density at radius 3 is 1.86 bits per heavy atom. The normalized spacial score (nSPS) is 19.5. The maximum Gasteiger partial charge on any atom is 0.714 e. The molecule has 1 fully saturated rings. The molecule has 0 amide bonds. The molecule has 0 aliphatic carbocycles. The maximum absolute atomic E-state index is 13.0. The quantitative estimate of drug-likeness (QED) is 0.783. The van der Waals surface area contributed by atoms with E-state index < -0.39 is 30.4 Å². The largest absolute Gasteiger partial charge is 0.714 e. The molecule has 21 heavy (non-hydrogen) atoms. The van der Waals surface area contributed by atoms with E-state index in [4.69, 9.17) is 14.0 Å². The van der Waals surface area contributed by atoms with Gasteiger partial charge >= 0.3 is 13.4 Å². The topological polar surface area (TPSA) is 27.7 Å². The Hall–Kier alpha value is -1.47. The summed E-state index contributed by atoms with van der Waals surface area (Å²) in [6.45, 7) is 7.51. The molecule has 0 aromatic heterocycles. The minimum Gasteiger partial charge on any atom is -0.512 e. The first kappa shape index (κ1) is 15.9. The molecule has 0 bridgehead atoms. The van der Waals surface area contributed by atoms with Gasteiger partial charge in [-0.3, -0.25) is 0 Å². The van der Waals surface area contributed by atoms with Crippen molar-refractivity contribution in [3.05, 3.63) is 35.9 Å². The van der Waals surface area contributed by atoms with Gasteiger partial charge in [0.05, 0.1) is 11.2 Å². The minimum atomic E-state index is -2.35. The van der Waals surface area contributed by atoms with Crippen LogP contribution in [-0.2, 0) is 9.31 Å². The average Bonchev–Trinajstić information content (AvgIpc) is 2.57. The van der Waals surface area contributed by atoms with Gasteiger partial charge in [0.15, 0.2) is 5.83 Å². The Morgan fingerprint density at radius 1 is 0.952 bits per heavy atom. The summed E-state index contributed by atoms with van der Waals surface area (Å²) in [5.41, 5.74) is -1.29. The standard InChI is InChI=1S/C14H16BF3O3/c1-13(2)14(3,4)21-15(20-13)19-10-7-5-9(6-8-10)11(16)12(17)18/h5-8H,1-4H3. The van der Waals surface area contributed by atoms with Gasteiger partial charge in [-0.05, 0) is 52.0 Å². The van der Waals surface area contributed by atoms with Gasteiger partial charge in [-0.1, -0.05) is 0 Å². The van der Waals surface area contributed by atoms with Crippen LogP contribution in [0.25, 0.3) is 5.83 Å². The SMILES string of the molecule is CC1(C)OB(Oc2ccc(C(F)=C(F)F)cc2)OC1(C)C. The van der Waals surface area contributed by atoms with Crippen LogP contribution in [0.1, 0.15) is 33.3 Å². The van der Waals surface area contributed by atoms with Gasteiger partial charge in [-0.15, -0.1) is 0 Å². The summed E-state index contributed by atoms with van der Waals surface area (Å²) in [5.74, 6) is -1.21. The zero-order valence-corrected chi connectivity index (χ0v) is 12.2. The van der Waals surface area contributed by atoms with Crippen molar-refractivity contribution in [2.24, 2.45) is 0 Å². The summed E-state index contributed by atoms with van der Waals surface area (Å²) in [5, 5.41) is 0. The van der Waals surface area contributed by atoms with Crippen LogP contribution in [0.4, 0.5) is 13.2 Å². The Kier molecular flexibility index (Phi) is 4.08. The Labute approximate surface area is 121 Å². The Morgan fingerprint density at radius 2 is 1.43 bits per heavy atom. The van der Waals surface area contributed by atoms with Crippen molar-refractivity contribution in [3.8, 4) is 5.75 Å². The molecule has 0 atom stereocenters. The van der Waals surface area contributed by atoms with Gasteiger partial charge in [0.1, 0.15) is 5.75 Å². The zero-order valence-electron chi connectivity index (χ0n) is 12.2. The lowest BCUT2D eigenvalue weighted by Gasteiger charge is -2.31. The van der Waals surface area contributed by atoms with Crippen molar-refractivity contribution in [1.29, 1.82) is 0 Å². The van der Waals surface area contributed by atoms with Crippen LogP contribution in [0.2, 0.25) is 0 Å². The third kappa shape index (κ3) is 3.24. The molecule has 1 saturated heterocycles. The van der Waals surface area contributed by atoms with E-state index in [0.717, 1.165) is 0 Å². The summed E-state index contributed by atoms with van der Waals surface area (Å²) < 4.78 is 54.1. The van der Waals surface area contributed by atoms with Crippen LogP contribution >= 0.6 is 0 Å². The monoisotopic (exact) mass is 300 g/mol. The summed E-state index contributed by atoms with van der Waals surface area (Å²) in [7, 11) is -0.904. The second-order valence-corrected chi connectivity index (χ2v) is 5.76. The summed E-state index contributed by atoms with van der Waals surface area (Å²) in [4.78, 5) is 0. The van der Waals surface area contributed by atoms with Crippen LogP contribution in [0.15, 0.2) is 30.3 Å². The van der Waals surface area contributed by atoms with Crippen molar-refractivity contribution in [2.45, 2.75) is 38.9 Å². The molecule has 0 unspecified atom stereocenters. The number of halogens is 3. The van der Waals surface area contributed by atoms with Gasteiger partial charge < -0.3 is 14.0 Å². The highest BCUT2D eigenvalue weighted by molar-refractivity contribution is 6.38. The van der Waals surface area contributed by atoms with Gasteiger partial charge in [-0.2, -0.15) is 8.78 Å². The highest BCUT2D eigenvalue weighted by Crippen LogP contribution is 2.37. The first-order valence-electron chi connectivity index (χ1n) is 6.46. The molecular weight excluding hydrogens is 284 g/mol. The van der Waals surface area contributed by atoms with Crippen LogP contribution in [0.5, 0.6) is 5.75 Å². The van der Waals surface area contributed by atoms with Crippen LogP contribution in [0.3, 0.4) is 0 Å². The zero-order chi connectivity index (χ0) is 15.8. The highest BCUT2D eigenvalue weighted by Gasteiger charge is 2.54. The number of rotatable bonds is 3. The van der Waals surface area contributed by atoms with Crippen molar-refractivity contribution in [3.63, 3.8) is 0 Å². The first-order valence-corrected chi connectivity index (χ1v) is 6.46. The van der Waals surface area contributed by atoms with Gasteiger partial charge in [0.2, 0.25) is 0 Å². The molecule has 1 aromatic rings. The van der Waals surface area contributed by atoms with Gasteiger partial charge in [0.25, 0.3) is 0 Å². The van der Waals surface area contributed by atoms with Crippen molar-refractivity contribution in [2.75, 3.05) is 0 Å². The molecule has 2 rings (SSSR count). The molecule has 0 spiro atoms. The molecule has 1 aliphatic heterocycles. The second-order valence-electron chi connectivity index (χ2n) is 5.76. The van der Waals surface area contributed by atoms with Crippen molar-refractivity contribution in [1.82, 2.24) is 0 Å². The molecule has 3 nitrogen and oxygen atoms in total. The predicted molar refractivity (Wildman–Crippen MR) is 73.4 cm³/mol. The molecule has 1 heterocycles. The molecule has 7 heteroatoms. The Balaban J connectivity index is 2.08. The molecule has 1 aromatic carbocycles. The van der Waals surface area contributed by atoms with E-state index >= 15 is 0 Å². The van der Waals surface area contributed by atoms with Crippen LogP contribution < -0.4 is 4.65 Å². The molecule has 1 aliphatic rings. The second kappa shape index (κ2) is 5.38. The van der Waals surface area contributed by atoms with Gasteiger partial charge in [-0.25, -0.2) is 4.39 Å². The third-order valence-electron chi connectivity index (χ3n) is 3.74. The molecular formula is C14H16BF3O3. The van der Waals surface area contributed by atoms with E-state index in [9.17, 15) is 13.2 Å². The number of benzene rings is 1. The van der Waals surface area contributed by atoms with Crippen molar-refractivity contribution < 1.29 is 27.1 Å². The Bertz CT molecular complexity index is 535. The molecule has 0 N–H and O–H groups in total. The summed E-state index contributed by atoms with van der Waals surface area (Å²) >= 11 is 0. The molecule has 114 valence electrons. The average molecular weight is 300 g/mol. The van der Waals surface area contributed by atoms with Crippen molar-refractivity contribution >= 4 is 13.1 Å². The minimum absolute atomic E-state index is 0.212. The van der Waals surface area contributed by atoms with E-state index in [-0.39, 0.29) is 5.56 Å². The van der Waals surface area contributed by atoms with Crippen LogP contribution in [0, 0.1) is 0 Å². The van der Waals surface area contributed by atoms with E-state index in [0.29, 0.717) is 5.75 Å². The predicted octanol–water partition coefficient (Wildman–Crippen LogP) is 4.19. The third-order valence-corrected chi connectivity index (χ3v) is 3.74. The molecule has 0 saturated carbocycles. The lowest BCUT2D eigenvalue weighted by Crippen LogP contribution is -2.41. The lowest BCUT2D eigenvalue weighted by molar-refractivity contribution is 0.00578. The summed E-state index contributed by atoms with van der Waals surface area (Å²) in [6.07, 6.45) is -2.35. The fraction of sp³-hybridized carbons (Fsp3) is 0.429. The maximum atomic E-state index is 13.0. The van der Waals surface area contributed by atoms with Crippen LogP contribution in [-0.4, -0.2) is 18.5 Å². The number of hydrogen-bond donors (Lipinski definition) is 0. The molecule has 0 radical (unpaired) electrons. The smallest absolute Gasteiger partial charge is 0.512 e.